The lowest BCUT2D eigenvalue weighted by atomic mass is 10.0. The third kappa shape index (κ3) is 4.99. The zero-order valence-electron chi connectivity index (χ0n) is 17.4. The first-order valence-corrected chi connectivity index (χ1v) is 11.0. The standard InChI is InChI=1S/C17H24N4O.C5H7NO2/c22-17-16-2-1-15(11-13(16)12-19-17)21-9-7-20(8-10-21)14-3-5-18-6-4-14;7-4-2-1-3-5(8)6-4/h1-2,11,14,18H,3-10,12H2,(H,19,22);1-3H2,(H,6,7,8). The molecule has 1 aromatic rings. The van der Waals surface area contributed by atoms with Gasteiger partial charge >= 0.3 is 0 Å². The summed E-state index contributed by atoms with van der Waals surface area (Å²) in [5.41, 5.74) is 3.25. The maximum absolute atomic E-state index is 11.6. The Morgan fingerprint density at radius 2 is 1.60 bits per heavy atom. The summed E-state index contributed by atoms with van der Waals surface area (Å²) in [6.45, 7) is 7.48. The van der Waals surface area contributed by atoms with Gasteiger partial charge in [0.2, 0.25) is 11.8 Å². The normalized spacial score (nSPS) is 22.7. The highest BCUT2D eigenvalue weighted by atomic mass is 16.2. The van der Waals surface area contributed by atoms with Crippen LogP contribution in [0, 0.1) is 0 Å². The van der Waals surface area contributed by atoms with Crippen molar-refractivity contribution < 1.29 is 14.4 Å². The largest absolute Gasteiger partial charge is 0.369 e. The summed E-state index contributed by atoms with van der Waals surface area (Å²) in [5.74, 6) is -0.209. The van der Waals surface area contributed by atoms with Gasteiger partial charge in [-0.15, -0.1) is 0 Å². The number of imide groups is 1. The van der Waals surface area contributed by atoms with Gasteiger partial charge in [-0.05, 0) is 56.1 Å². The highest BCUT2D eigenvalue weighted by molar-refractivity contribution is 5.98. The van der Waals surface area contributed by atoms with E-state index in [0.717, 1.165) is 56.4 Å². The molecule has 1 aromatic carbocycles. The Labute approximate surface area is 177 Å². The highest BCUT2D eigenvalue weighted by Crippen LogP contribution is 2.25. The van der Waals surface area contributed by atoms with E-state index in [1.54, 1.807) is 0 Å². The number of piperidine rings is 2. The van der Waals surface area contributed by atoms with Crippen LogP contribution in [-0.2, 0) is 16.1 Å². The van der Waals surface area contributed by atoms with E-state index in [1.807, 2.05) is 6.07 Å². The molecule has 8 heteroatoms. The van der Waals surface area contributed by atoms with Crippen molar-refractivity contribution in [2.75, 3.05) is 44.2 Å². The van der Waals surface area contributed by atoms with Crippen molar-refractivity contribution in [2.45, 2.75) is 44.7 Å². The van der Waals surface area contributed by atoms with Gasteiger partial charge in [0.1, 0.15) is 0 Å². The summed E-state index contributed by atoms with van der Waals surface area (Å²) in [5, 5.41) is 8.54. The van der Waals surface area contributed by atoms with Crippen LogP contribution in [-0.4, -0.2) is 67.9 Å². The summed E-state index contributed by atoms with van der Waals surface area (Å²) in [6, 6.07) is 7.04. The first-order valence-electron chi connectivity index (χ1n) is 11.0. The number of hydrogen-bond acceptors (Lipinski definition) is 6. The second-order valence-corrected chi connectivity index (χ2v) is 8.35. The van der Waals surface area contributed by atoms with Gasteiger partial charge in [0.25, 0.3) is 5.91 Å². The van der Waals surface area contributed by atoms with Crippen molar-refractivity contribution in [2.24, 2.45) is 0 Å². The molecule has 0 aliphatic carbocycles. The fourth-order valence-electron chi connectivity index (χ4n) is 4.62. The minimum absolute atomic E-state index is 0.0669. The van der Waals surface area contributed by atoms with Crippen LogP contribution in [0.3, 0.4) is 0 Å². The van der Waals surface area contributed by atoms with E-state index < -0.39 is 0 Å². The molecule has 3 fully saturated rings. The SMILES string of the molecule is O=C1CCCC(=O)N1.O=C1NCc2cc(N3CCN(C4CCNCC4)CC3)ccc21. The number of amides is 3. The van der Waals surface area contributed by atoms with E-state index in [2.05, 4.69) is 37.9 Å². The van der Waals surface area contributed by atoms with Crippen molar-refractivity contribution in [1.29, 1.82) is 0 Å². The number of hydrogen-bond donors (Lipinski definition) is 3. The number of anilines is 1. The Morgan fingerprint density at radius 1 is 0.900 bits per heavy atom. The second-order valence-electron chi connectivity index (χ2n) is 8.35. The van der Waals surface area contributed by atoms with Gasteiger partial charge in [-0.1, -0.05) is 0 Å². The number of carbonyl (C=O) groups excluding carboxylic acids is 3. The van der Waals surface area contributed by atoms with Crippen LogP contribution in [0.5, 0.6) is 0 Å². The molecule has 0 radical (unpaired) electrons. The third-order valence-electron chi connectivity index (χ3n) is 6.36. The molecule has 3 N–H and O–H groups in total. The number of nitrogens with zero attached hydrogens (tertiary/aromatic N) is 2. The van der Waals surface area contributed by atoms with Crippen LogP contribution < -0.4 is 20.9 Å². The van der Waals surface area contributed by atoms with E-state index in [9.17, 15) is 14.4 Å². The first-order chi connectivity index (χ1) is 14.6. The van der Waals surface area contributed by atoms with Crippen molar-refractivity contribution in [1.82, 2.24) is 20.9 Å². The molecule has 4 heterocycles. The first kappa shape index (κ1) is 20.8. The summed E-state index contributed by atoms with van der Waals surface area (Å²) in [6.07, 6.45) is 4.29. The van der Waals surface area contributed by atoms with Crippen molar-refractivity contribution >= 4 is 23.4 Å². The van der Waals surface area contributed by atoms with Gasteiger partial charge in [0, 0.05) is 62.9 Å². The Balaban J connectivity index is 0.000000230. The van der Waals surface area contributed by atoms with Crippen LogP contribution in [0.2, 0.25) is 0 Å². The summed E-state index contributed by atoms with van der Waals surface area (Å²) >= 11 is 0. The lowest BCUT2D eigenvalue weighted by molar-refractivity contribution is -0.132. The quantitative estimate of drug-likeness (QED) is 0.616. The third-order valence-corrected chi connectivity index (χ3v) is 6.36. The minimum atomic E-state index is -0.138. The summed E-state index contributed by atoms with van der Waals surface area (Å²) in [4.78, 5) is 37.4. The molecule has 8 nitrogen and oxygen atoms in total. The van der Waals surface area contributed by atoms with E-state index in [1.165, 1.54) is 18.5 Å². The lowest BCUT2D eigenvalue weighted by Crippen LogP contribution is -2.52. The fraction of sp³-hybridized carbons (Fsp3) is 0.591. The second kappa shape index (κ2) is 9.57. The Bertz CT molecular complexity index is 784. The number of fused-ring (bicyclic) bond motifs is 1. The zero-order chi connectivity index (χ0) is 20.9. The van der Waals surface area contributed by atoms with E-state index in [-0.39, 0.29) is 17.7 Å². The Kier molecular flexibility index (Phi) is 6.64. The number of benzene rings is 1. The molecule has 5 rings (SSSR count). The smallest absolute Gasteiger partial charge is 0.251 e. The molecule has 4 aliphatic heterocycles. The summed E-state index contributed by atoms with van der Waals surface area (Å²) in [7, 11) is 0. The van der Waals surface area contributed by atoms with Crippen LogP contribution in [0.15, 0.2) is 18.2 Å². The monoisotopic (exact) mass is 413 g/mol. The van der Waals surface area contributed by atoms with Crippen LogP contribution in [0.25, 0.3) is 0 Å². The average molecular weight is 414 g/mol. The van der Waals surface area contributed by atoms with Gasteiger partial charge in [-0.25, -0.2) is 0 Å². The van der Waals surface area contributed by atoms with Gasteiger partial charge in [0.15, 0.2) is 0 Å². The average Bonchev–Trinajstić information content (AvgIpc) is 3.15. The molecule has 3 amide bonds. The van der Waals surface area contributed by atoms with E-state index in [0.29, 0.717) is 25.8 Å². The topological polar surface area (TPSA) is 93.8 Å². The van der Waals surface area contributed by atoms with Crippen molar-refractivity contribution in [3.8, 4) is 0 Å². The molecule has 0 aromatic heterocycles. The molecule has 0 bridgehead atoms. The molecule has 162 valence electrons. The predicted octanol–water partition coefficient (Wildman–Crippen LogP) is 0.617. The van der Waals surface area contributed by atoms with Gasteiger partial charge in [-0.3, -0.25) is 24.6 Å². The lowest BCUT2D eigenvalue weighted by Gasteiger charge is -2.41. The molecule has 4 aliphatic rings. The number of carbonyl (C=O) groups is 3. The maximum Gasteiger partial charge on any atom is 0.251 e. The molecule has 0 unspecified atom stereocenters. The van der Waals surface area contributed by atoms with E-state index >= 15 is 0 Å². The molecule has 0 atom stereocenters. The maximum atomic E-state index is 11.6. The Hall–Kier alpha value is -2.45. The number of piperazine rings is 1. The number of rotatable bonds is 2. The zero-order valence-corrected chi connectivity index (χ0v) is 17.4. The van der Waals surface area contributed by atoms with Crippen LogP contribution >= 0.6 is 0 Å². The van der Waals surface area contributed by atoms with Crippen molar-refractivity contribution in [3.63, 3.8) is 0 Å². The van der Waals surface area contributed by atoms with Crippen LogP contribution in [0.1, 0.15) is 48.0 Å². The van der Waals surface area contributed by atoms with Crippen LogP contribution in [0.4, 0.5) is 5.69 Å². The molecular formula is C22H31N5O3. The Morgan fingerprint density at radius 3 is 2.23 bits per heavy atom. The van der Waals surface area contributed by atoms with Gasteiger partial charge < -0.3 is 15.5 Å². The van der Waals surface area contributed by atoms with Gasteiger partial charge in [-0.2, -0.15) is 0 Å². The molecule has 30 heavy (non-hydrogen) atoms. The minimum Gasteiger partial charge on any atom is -0.369 e. The van der Waals surface area contributed by atoms with Gasteiger partial charge in [0.05, 0.1) is 0 Å². The molecule has 0 spiro atoms. The van der Waals surface area contributed by atoms with E-state index in [4.69, 9.17) is 0 Å². The summed E-state index contributed by atoms with van der Waals surface area (Å²) < 4.78 is 0. The number of nitrogens with one attached hydrogen (secondary N) is 3. The van der Waals surface area contributed by atoms with Crippen molar-refractivity contribution in [3.05, 3.63) is 29.3 Å². The fourth-order valence-corrected chi connectivity index (χ4v) is 4.62. The highest BCUT2D eigenvalue weighted by Gasteiger charge is 2.26. The predicted molar refractivity (Wildman–Crippen MR) is 114 cm³/mol. The molecular weight excluding hydrogens is 382 g/mol. The molecule has 3 saturated heterocycles. The molecule has 0 saturated carbocycles.